The number of aldehydes is 1. The van der Waals surface area contributed by atoms with Crippen LogP contribution < -0.4 is 0 Å². The molecule has 0 saturated carbocycles. The van der Waals surface area contributed by atoms with Crippen LogP contribution >= 0.6 is 11.8 Å². The van der Waals surface area contributed by atoms with Crippen molar-refractivity contribution in [1.29, 1.82) is 0 Å². The maximum atomic E-state index is 10.2. The van der Waals surface area contributed by atoms with Gasteiger partial charge >= 0.3 is 5.97 Å². The van der Waals surface area contributed by atoms with Gasteiger partial charge in [0.1, 0.15) is 6.29 Å². The lowest BCUT2D eigenvalue weighted by Crippen LogP contribution is -2.03. The Labute approximate surface area is 76.5 Å². The molecule has 70 valence electrons. The second kappa shape index (κ2) is 7.16. The Morgan fingerprint density at radius 3 is 2.83 bits per heavy atom. The third-order valence-electron chi connectivity index (χ3n) is 1.44. The van der Waals surface area contributed by atoms with Crippen LogP contribution in [0.15, 0.2) is 0 Å². The number of thioether (sulfide) groups is 1. The Morgan fingerprint density at radius 2 is 2.33 bits per heavy atom. The van der Waals surface area contributed by atoms with Gasteiger partial charge in [-0.15, -0.1) is 0 Å². The van der Waals surface area contributed by atoms with Crippen LogP contribution in [0.1, 0.15) is 19.8 Å². The van der Waals surface area contributed by atoms with Gasteiger partial charge in [0.05, 0.1) is 0 Å². The summed E-state index contributed by atoms with van der Waals surface area (Å²) in [7, 11) is 0. The molecule has 0 aliphatic carbocycles. The SMILES string of the molecule is CC(CCC(=O)O)CSCC=O. The quantitative estimate of drug-likeness (QED) is 0.487. The Morgan fingerprint density at radius 1 is 1.67 bits per heavy atom. The molecule has 0 saturated heterocycles. The van der Waals surface area contributed by atoms with Crippen LogP contribution in [0.4, 0.5) is 0 Å². The molecule has 0 aromatic carbocycles. The van der Waals surface area contributed by atoms with Crippen LogP contribution in [0.25, 0.3) is 0 Å². The molecule has 0 fully saturated rings. The standard InChI is InChI=1S/C8H14O3S/c1-7(2-3-8(10)11)6-12-5-4-9/h4,7H,2-3,5-6H2,1H3,(H,10,11). The highest BCUT2D eigenvalue weighted by molar-refractivity contribution is 7.99. The summed E-state index contributed by atoms with van der Waals surface area (Å²) in [5.74, 6) is 1.01. The molecule has 1 N–H and O–H groups in total. The molecule has 0 aromatic rings. The Bertz CT molecular complexity index is 147. The number of carboxylic acids is 1. The Kier molecular flexibility index (Phi) is 6.85. The summed E-state index contributed by atoms with van der Waals surface area (Å²) in [6.07, 6.45) is 1.79. The second-order valence-corrected chi connectivity index (χ2v) is 3.82. The molecular weight excluding hydrogens is 176 g/mol. The minimum Gasteiger partial charge on any atom is -0.481 e. The van der Waals surface area contributed by atoms with Crippen LogP contribution in [-0.2, 0) is 9.59 Å². The van der Waals surface area contributed by atoms with Crippen LogP contribution in [0.3, 0.4) is 0 Å². The molecule has 12 heavy (non-hydrogen) atoms. The van der Waals surface area contributed by atoms with Crippen molar-refractivity contribution in [3.63, 3.8) is 0 Å². The average Bonchev–Trinajstić information content (AvgIpc) is 2.01. The highest BCUT2D eigenvalue weighted by Gasteiger charge is 2.04. The van der Waals surface area contributed by atoms with Gasteiger partial charge in [0, 0.05) is 12.2 Å². The Balaban J connectivity index is 3.26. The summed E-state index contributed by atoms with van der Waals surface area (Å²) in [4.78, 5) is 20.1. The van der Waals surface area contributed by atoms with Gasteiger partial charge in [-0.1, -0.05) is 6.92 Å². The van der Waals surface area contributed by atoms with Gasteiger partial charge in [-0.2, -0.15) is 11.8 Å². The summed E-state index contributed by atoms with van der Waals surface area (Å²) < 4.78 is 0. The third kappa shape index (κ3) is 7.60. The van der Waals surface area contributed by atoms with E-state index in [-0.39, 0.29) is 6.42 Å². The van der Waals surface area contributed by atoms with Gasteiger partial charge in [0.25, 0.3) is 0 Å². The lowest BCUT2D eigenvalue weighted by molar-refractivity contribution is -0.137. The lowest BCUT2D eigenvalue weighted by Gasteiger charge is -2.07. The molecule has 1 atom stereocenters. The lowest BCUT2D eigenvalue weighted by atomic mass is 10.1. The van der Waals surface area contributed by atoms with E-state index in [1.807, 2.05) is 6.92 Å². The van der Waals surface area contributed by atoms with Crippen molar-refractivity contribution < 1.29 is 14.7 Å². The van der Waals surface area contributed by atoms with Crippen molar-refractivity contribution in [3.8, 4) is 0 Å². The molecule has 0 heterocycles. The van der Waals surface area contributed by atoms with Crippen LogP contribution in [-0.4, -0.2) is 28.9 Å². The molecule has 4 heteroatoms. The summed E-state index contributed by atoms with van der Waals surface area (Å²) in [6, 6.07) is 0. The predicted octanol–water partition coefficient (Wildman–Crippen LogP) is 1.42. The van der Waals surface area contributed by atoms with E-state index in [0.29, 0.717) is 18.1 Å². The van der Waals surface area contributed by atoms with Crippen LogP contribution in [0.5, 0.6) is 0 Å². The number of carboxylic acid groups (broad SMARTS) is 1. The highest BCUT2D eigenvalue weighted by atomic mass is 32.2. The van der Waals surface area contributed by atoms with Crippen molar-refractivity contribution in [2.24, 2.45) is 5.92 Å². The van der Waals surface area contributed by atoms with E-state index in [4.69, 9.17) is 5.11 Å². The first-order valence-corrected chi connectivity index (χ1v) is 5.05. The van der Waals surface area contributed by atoms with Gasteiger partial charge in [-0.3, -0.25) is 4.79 Å². The molecule has 0 aliphatic rings. The summed E-state index contributed by atoms with van der Waals surface area (Å²) in [6.45, 7) is 2.00. The molecule has 0 aliphatic heterocycles. The minimum atomic E-state index is -0.748. The van der Waals surface area contributed by atoms with Crippen LogP contribution in [0.2, 0.25) is 0 Å². The molecule has 0 aromatic heterocycles. The maximum Gasteiger partial charge on any atom is 0.303 e. The molecule has 0 bridgehead atoms. The molecular formula is C8H14O3S. The van der Waals surface area contributed by atoms with Gasteiger partial charge in [0.2, 0.25) is 0 Å². The molecule has 0 amide bonds. The van der Waals surface area contributed by atoms with Crippen molar-refractivity contribution in [1.82, 2.24) is 0 Å². The number of carbonyl (C=O) groups is 2. The second-order valence-electron chi connectivity index (χ2n) is 2.74. The zero-order valence-electron chi connectivity index (χ0n) is 7.16. The number of aliphatic carboxylic acids is 1. The smallest absolute Gasteiger partial charge is 0.303 e. The van der Waals surface area contributed by atoms with Gasteiger partial charge in [-0.05, 0) is 18.1 Å². The normalized spacial score (nSPS) is 12.4. The van der Waals surface area contributed by atoms with E-state index >= 15 is 0 Å². The average molecular weight is 190 g/mol. The first-order valence-electron chi connectivity index (χ1n) is 3.90. The van der Waals surface area contributed by atoms with Gasteiger partial charge in [0.15, 0.2) is 0 Å². The molecule has 0 radical (unpaired) electrons. The van der Waals surface area contributed by atoms with E-state index in [1.54, 1.807) is 11.8 Å². The fourth-order valence-electron chi connectivity index (χ4n) is 0.771. The Hall–Kier alpha value is -0.510. The van der Waals surface area contributed by atoms with E-state index in [2.05, 4.69) is 0 Å². The number of hydrogen-bond acceptors (Lipinski definition) is 3. The summed E-state index contributed by atoms with van der Waals surface area (Å²) in [5, 5.41) is 8.37. The fraction of sp³-hybridized carbons (Fsp3) is 0.750. The van der Waals surface area contributed by atoms with Gasteiger partial charge < -0.3 is 9.90 Å². The van der Waals surface area contributed by atoms with E-state index < -0.39 is 5.97 Å². The maximum absolute atomic E-state index is 10.2. The monoisotopic (exact) mass is 190 g/mol. The highest BCUT2D eigenvalue weighted by Crippen LogP contribution is 2.12. The largest absolute Gasteiger partial charge is 0.481 e. The molecule has 0 rings (SSSR count). The summed E-state index contributed by atoms with van der Waals surface area (Å²) in [5.41, 5.74) is 0. The van der Waals surface area contributed by atoms with Crippen LogP contribution in [0, 0.1) is 5.92 Å². The zero-order valence-corrected chi connectivity index (χ0v) is 7.97. The van der Waals surface area contributed by atoms with E-state index in [1.165, 1.54) is 0 Å². The molecule has 0 spiro atoms. The van der Waals surface area contributed by atoms with E-state index in [9.17, 15) is 9.59 Å². The topological polar surface area (TPSA) is 54.4 Å². The van der Waals surface area contributed by atoms with Gasteiger partial charge in [-0.25, -0.2) is 0 Å². The number of hydrogen-bond donors (Lipinski definition) is 1. The zero-order chi connectivity index (χ0) is 9.40. The van der Waals surface area contributed by atoms with Crippen molar-refractivity contribution in [2.75, 3.05) is 11.5 Å². The predicted molar refractivity (Wildman–Crippen MR) is 49.4 cm³/mol. The third-order valence-corrected chi connectivity index (χ3v) is 2.62. The summed E-state index contributed by atoms with van der Waals surface area (Å²) >= 11 is 1.55. The number of rotatable bonds is 7. The van der Waals surface area contributed by atoms with Crippen molar-refractivity contribution in [3.05, 3.63) is 0 Å². The van der Waals surface area contributed by atoms with Crippen molar-refractivity contribution in [2.45, 2.75) is 19.8 Å². The molecule has 3 nitrogen and oxygen atoms in total. The van der Waals surface area contributed by atoms with Crippen molar-refractivity contribution >= 4 is 24.0 Å². The first-order chi connectivity index (χ1) is 5.66. The van der Waals surface area contributed by atoms with E-state index in [0.717, 1.165) is 12.0 Å². The fourth-order valence-corrected chi connectivity index (χ4v) is 1.57. The molecule has 1 unspecified atom stereocenters. The minimum absolute atomic E-state index is 0.225. The number of carbonyl (C=O) groups excluding carboxylic acids is 1. The first kappa shape index (κ1) is 11.5.